The predicted octanol–water partition coefficient (Wildman–Crippen LogP) is 3.91. The molecular formula is C15H15BrFNO. The summed E-state index contributed by atoms with van der Waals surface area (Å²) in [4.78, 5) is 0. The number of hydrogen-bond acceptors (Lipinski definition) is 2. The second kappa shape index (κ2) is 5.72. The summed E-state index contributed by atoms with van der Waals surface area (Å²) in [6, 6.07) is 14.0. The van der Waals surface area contributed by atoms with Crippen molar-refractivity contribution in [3.05, 3.63) is 64.4 Å². The first-order chi connectivity index (χ1) is 9.05. The third-order valence-corrected chi connectivity index (χ3v) is 3.58. The summed E-state index contributed by atoms with van der Waals surface area (Å²) < 4.78 is 14.8. The summed E-state index contributed by atoms with van der Waals surface area (Å²) >= 11 is 3.36. The summed E-state index contributed by atoms with van der Waals surface area (Å²) in [7, 11) is 0. The molecule has 0 spiro atoms. The van der Waals surface area contributed by atoms with E-state index >= 15 is 0 Å². The van der Waals surface area contributed by atoms with Crippen LogP contribution in [-0.4, -0.2) is 11.7 Å². The van der Waals surface area contributed by atoms with Crippen LogP contribution < -0.4 is 5.32 Å². The third kappa shape index (κ3) is 3.14. The maximum absolute atomic E-state index is 13.9. The van der Waals surface area contributed by atoms with Crippen molar-refractivity contribution in [2.24, 2.45) is 0 Å². The van der Waals surface area contributed by atoms with E-state index in [0.29, 0.717) is 5.56 Å². The summed E-state index contributed by atoms with van der Waals surface area (Å²) in [5.74, 6) is -0.330. The molecule has 0 radical (unpaired) electrons. The van der Waals surface area contributed by atoms with Gasteiger partial charge >= 0.3 is 0 Å². The van der Waals surface area contributed by atoms with E-state index in [0.717, 1.165) is 10.2 Å². The van der Waals surface area contributed by atoms with Gasteiger partial charge in [-0.1, -0.05) is 34.1 Å². The van der Waals surface area contributed by atoms with Gasteiger partial charge in [-0.15, -0.1) is 0 Å². The van der Waals surface area contributed by atoms with Gasteiger partial charge in [-0.3, -0.25) is 0 Å². The molecule has 0 amide bonds. The summed E-state index contributed by atoms with van der Waals surface area (Å²) in [5.41, 5.74) is 0.405. The van der Waals surface area contributed by atoms with Gasteiger partial charge in [0.2, 0.25) is 0 Å². The molecule has 2 N–H and O–H groups in total. The molecule has 2 rings (SSSR count). The highest BCUT2D eigenvalue weighted by molar-refractivity contribution is 9.10. The minimum absolute atomic E-state index is 0.204. The normalized spacial score (nSPS) is 13.9. The van der Waals surface area contributed by atoms with Gasteiger partial charge in [-0.25, -0.2) is 4.39 Å². The number of halogens is 2. The van der Waals surface area contributed by atoms with Crippen molar-refractivity contribution in [2.75, 3.05) is 11.9 Å². The highest BCUT2D eigenvalue weighted by Gasteiger charge is 2.28. The van der Waals surface area contributed by atoms with Crippen LogP contribution >= 0.6 is 15.9 Å². The van der Waals surface area contributed by atoms with E-state index in [1.807, 2.05) is 24.3 Å². The maximum atomic E-state index is 13.9. The standard InChI is InChI=1S/C15H15BrFNO/c1-15(10-19,13-4-2-3-5-14(13)17)18-12-8-6-11(16)7-9-12/h2-9,18-19H,10H2,1H3. The van der Waals surface area contributed by atoms with Crippen molar-refractivity contribution >= 4 is 21.6 Å². The van der Waals surface area contributed by atoms with Gasteiger partial charge in [-0.05, 0) is 37.3 Å². The molecule has 0 saturated carbocycles. The predicted molar refractivity (Wildman–Crippen MR) is 78.6 cm³/mol. The average Bonchev–Trinajstić information content (AvgIpc) is 2.42. The molecule has 100 valence electrons. The third-order valence-electron chi connectivity index (χ3n) is 3.05. The fraction of sp³-hybridized carbons (Fsp3) is 0.200. The number of anilines is 1. The second-order valence-corrected chi connectivity index (χ2v) is 5.52. The van der Waals surface area contributed by atoms with Gasteiger partial charge in [0.05, 0.1) is 12.1 Å². The van der Waals surface area contributed by atoms with E-state index in [-0.39, 0.29) is 12.4 Å². The Morgan fingerprint density at radius 2 is 1.79 bits per heavy atom. The molecule has 1 atom stereocenters. The minimum Gasteiger partial charge on any atom is -0.394 e. The zero-order chi connectivity index (χ0) is 13.9. The van der Waals surface area contributed by atoms with Crippen LogP contribution in [0.3, 0.4) is 0 Å². The molecule has 19 heavy (non-hydrogen) atoms. The van der Waals surface area contributed by atoms with Crippen LogP contribution in [0.5, 0.6) is 0 Å². The van der Waals surface area contributed by atoms with E-state index in [1.165, 1.54) is 6.07 Å². The molecule has 0 heterocycles. The number of hydrogen-bond donors (Lipinski definition) is 2. The lowest BCUT2D eigenvalue weighted by Crippen LogP contribution is -2.36. The van der Waals surface area contributed by atoms with Crippen LogP contribution in [-0.2, 0) is 5.54 Å². The lowest BCUT2D eigenvalue weighted by atomic mass is 9.92. The van der Waals surface area contributed by atoms with Crippen LogP contribution in [0.1, 0.15) is 12.5 Å². The van der Waals surface area contributed by atoms with Gasteiger partial charge in [0, 0.05) is 15.7 Å². The number of aliphatic hydroxyl groups is 1. The Morgan fingerprint density at radius 3 is 2.37 bits per heavy atom. The summed E-state index contributed by atoms with van der Waals surface area (Å²) in [5, 5.41) is 12.8. The first-order valence-corrected chi connectivity index (χ1v) is 6.74. The molecule has 0 aliphatic rings. The molecule has 0 fully saturated rings. The van der Waals surface area contributed by atoms with Crippen LogP contribution in [0.25, 0.3) is 0 Å². The van der Waals surface area contributed by atoms with Crippen molar-refractivity contribution in [1.82, 2.24) is 0 Å². The summed E-state index contributed by atoms with van der Waals surface area (Å²) in [6.07, 6.45) is 0. The van der Waals surface area contributed by atoms with Crippen molar-refractivity contribution in [3.8, 4) is 0 Å². The number of nitrogens with one attached hydrogen (secondary N) is 1. The molecule has 0 bridgehead atoms. The molecule has 0 aromatic heterocycles. The fourth-order valence-electron chi connectivity index (χ4n) is 1.95. The molecule has 0 aliphatic heterocycles. The Balaban J connectivity index is 2.33. The van der Waals surface area contributed by atoms with Crippen molar-refractivity contribution in [1.29, 1.82) is 0 Å². The minimum atomic E-state index is -0.862. The molecule has 1 unspecified atom stereocenters. The molecule has 0 saturated heterocycles. The monoisotopic (exact) mass is 323 g/mol. The number of aliphatic hydroxyl groups excluding tert-OH is 1. The van der Waals surface area contributed by atoms with E-state index in [1.54, 1.807) is 25.1 Å². The van der Waals surface area contributed by atoms with E-state index in [4.69, 9.17) is 0 Å². The Labute approximate surface area is 120 Å². The molecule has 0 aliphatic carbocycles. The van der Waals surface area contributed by atoms with E-state index in [9.17, 15) is 9.50 Å². The molecule has 4 heteroatoms. The van der Waals surface area contributed by atoms with E-state index in [2.05, 4.69) is 21.2 Å². The lowest BCUT2D eigenvalue weighted by molar-refractivity contribution is 0.220. The molecule has 2 aromatic rings. The molecule has 2 aromatic carbocycles. The van der Waals surface area contributed by atoms with Gasteiger partial charge in [0.1, 0.15) is 5.82 Å². The van der Waals surface area contributed by atoms with Crippen LogP contribution in [0.2, 0.25) is 0 Å². The smallest absolute Gasteiger partial charge is 0.128 e. The Kier molecular flexibility index (Phi) is 4.22. The lowest BCUT2D eigenvalue weighted by Gasteiger charge is -2.30. The first-order valence-electron chi connectivity index (χ1n) is 5.95. The summed E-state index contributed by atoms with van der Waals surface area (Å²) in [6.45, 7) is 1.57. The maximum Gasteiger partial charge on any atom is 0.128 e. The van der Waals surface area contributed by atoms with Crippen LogP contribution in [0.4, 0.5) is 10.1 Å². The van der Waals surface area contributed by atoms with Gasteiger partial charge in [-0.2, -0.15) is 0 Å². The van der Waals surface area contributed by atoms with Gasteiger partial charge in [0.15, 0.2) is 0 Å². The highest BCUT2D eigenvalue weighted by Crippen LogP contribution is 2.28. The second-order valence-electron chi connectivity index (χ2n) is 4.60. The zero-order valence-electron chi connectivity index (χ0n) is 10.5. The van der Waals surface area contributed by atoms with Crippen LogP contribution in [0.15, 0.2) is 53.0 Å². The largest absolute Gasteiger partial charge is 0.394 e. The Morgan fingerprint density at radius 1 is 1.16 bits per heavy atom. The van der Waals surface area contributed by atoms with Crippen LogP contribution in [0, 0.1) is 5.82 Å². The fourth-order valence-corrected chi connectivity index (χ4v) is 2.22. The van der Waals surface area contributed by atoms with Gasteiger partial charge in [0.25, 0.3) is 0 Å². The van der Waals surface area contributed by atoms with Crippen molar-refractivity contribution in [3.63, 3.8) is 0 Å². The van der Waals surface area contributed by atoms with Crippen molar-refractivity contribution < 1.29 is 9.50 Å². The quantitative estimate of drug-likeness (QED) is 0.894. The Hall–Kier alpha value is -1.39. The zero-order valence-corrected chi connectivity index (χ0v) is 12.1. The average molecular weight is 324 g/mol. The number of benzene rings is 2. The van der Waals surface area contributed by atoms with Crippen molar-refractivity contribution in [2.45, 2.75) is 12.5 Å². The van der Waals surface area contributed by atoms with Gasteiger partial charge < -0.3 is 10.4 Å². The Bertz CT molecular complexity index is 558. The molecule has 2 nitrogen and oxygen atoms in total. The first kappa shape index (κ1) is 14.0. The number of rotatable bonds is 4. The topological polar surface area (TPSA) is 32.3 Å². The van der Waals surface area contributed by atoms with E-state index < -0.39 is 5.54 Å². The highest BCUT2D eigenvalue weighted by atomic mass is 79.9. The SMILES string of the molecule is CC(CO)(Nc1ccc(Br)cc1)c1ccccc1F. The molecular weight excluding hydrogens is 309 g/mol.